The van der Waals surface area contributed by atoms with Crippen molar-refractivity contribution in [2.45, 2.75) is 6.92 Å². The molecule has 2 aromatic carbocycles. The first kappa shape index (κ1) is 13.8. The highest BCUT2D eigenvalue weighted by atomic mass is 79.9. The molecule has 0 unspecified atom stereocenters. The number of hydrogen-bond donors (Lipinski definition) is 2. The lowest BCUT2D eigenvalue weighted by atomic mass is 9.97. The third-order valence-corrected chi connectivity index (χ3v) is 4.00. The van der Waals surface area contributed by atoms with Crippen molar-refractivity contribution < 1.29 is 9.18 Å². The number of nitrogens with one attached hydrogen (secondary N) is 1. The van der Waals surface area contributed by atoms with E-state index in [1.807, 2.05) is 0 Å². The maximum absolute atomic E-state index is 13.4. The van der Waals surface area contributed by atoms with Gasteiger partial charge in [0.25, 0.3) is 0 Å². The van der Waals surface area contributed by atoms with E-state index in [4.69, 9.17) is 5.73 Å². The molecule has 0 bridgehead atoms. The highest BCUT2D eigenvalue weighted by molar-refractivity contribution is 9.10. The summed E-state index contributed by atoms with van der Waals surface area (Å²) >= 11 is 3.34. The summed E-state index contributed by atoms with van der Waals surface area (Å²) in [6.07, 6.45) is 1.60. The average Bonchev–Trinajstić information content (AvgIpc) is 2.85. The molecular formula is C16H12BrFN2O. The molecule has 0 saturated heterocycles. The number of ketones is 1. The van der Waals surface area contributed by atoms with Crippen molar-refractivity contribution in [3.05, 3.63) is 63.5 Å². The largest absolute Gasteiger partial charge is 0.398 e. The Morgan fingerprint density at radius 2 is 2.00 bits per heavy atom. The monoisotopic (exact) mass is 346 g/mol. The number of halogens is 2. The Morgan fingerprint density at radius 1 is 1.24 bits per heavy atom. The second-order valence-electron chi connectivity index (χ2n) is 4.89. The number of nitrogen functional groups attached to an aromatic ring is 1. The maximum atomic E-state index is 13.4. The molecule has 0 saturated carbocycles. The molecule has 3 aromatic rings. The zero-order valence-corrected chi connectivity index (χ0v) is 12.8. The number of anilines is 1. The van der Waals surface area contributed by atoms with Gasteiger partial charge in [-0.1, -0.05) is 15.9 Å². The minimum Gasteiger partial charge on any atom is -0.398 e. The van der Waals surface area contributed by atoms with Crippen molar-refractivity contribution in [3.8, 4) is 0 Å². The van der Waals surface area contributed by atoms with Gasteiger partial charge >= 0.3 is 0 Å². The van der Waals surface area contributed by atoms with Crippen LogP contribution in [0.2, 0.25) is 0 Å². The first-order valence-electron chi connectivity index (χ1n) is 6.34. The number of benzene rings is 2. The van der Waals surface area contributed by atoms with Crippen LogP contribution >= 0.6 is 15.9 Å². The number of aromatic amines is 1. The Balaban J connectivity index is 2.19. The molecule has 5 heteroatoms. The number of nitrogens with two attached hydrogens (primary N) is 1. The highest BCUT2D eigenvalue weighted by Gasteiger charge is 2.18. The quantitative estimate of drug-likeness (QED) is 0.539. The molecule has 0 aliphatic heterocycles. The van der Waals surface area contributed by atoms with Crippen LogP contribution in [-0.4, -0.2) is 10.8 Å². The van der Waals surface area contributed by atoms with E-state index in [2.05, 4.69) is 20.9 Å². The summed E-state index contributed by atoms with van der Waals surface area (Å²) in [7, 11) is 0. The van der Waals surface area contributed by atoms with E-state index in [0.29, 0.717) is 27.8 Å². The molecule has 3 nitrogen and oxygen atoms in total. The van der Waals surface area contributed by atoms with Gasteiger partial charge in [0.15, 0.2) is 5.78 Å². The smallest absolute Gasteiger partial charge is 0.195 e. The number of hydrogen-bond acceptors (Lipinski definition) is 2. The number of carbonyl (C=O) groups excluding carboxylic acids is 1. The van der Waals surface area contributed by atoms with Crippen LogP contribution in [0.3, 0.4) is 0 Å². The number of fused-ring (bicyclic) bond motifs is 1. The lowest BCUT2D eigenvalue weighted by Gasteiger charge is -2.08. The Bertz CT molecular complexity index is 870. The maximum Gasteiger partial charge on any atom is 0.195 e. The van der Waals surface area contributed by atoms with E-state index in [9.17, 15) is 9.18 Å². The highest BCUT2D eigenvalue weighted by Crippen LogP contribution is 2.28. The Hall–Kier alpha value is -2.14. The molecule has 21 heavy (non-hydrogen) atoms. The van der Waals surface area contributed by atoms with Crippen LogP contribution in [-0.2, 0) is 0 Å². The second kappa shape index (κ2) is 5.00. The van der Waals surface area contributed by atoms with Gasteiger partial charge < -0.3 is 10.7 Å². The van der Waals surface area contributed by atoms with Gasteiger partial charge in [-0.15, -0.1) is 0 Å². The minimum absolute atomic E-state index is 0.183. The first-order chi connectivity index (χ1) is 9.97. The van der Waals surface area contributed by atoms with Crippen molar-refractivity contribution in [2.75, 3.05) is 5.73 Å². The van der Waals surface area contributed by atoms with Crippen LogP contribution in [0, 0.1) is 12.7 Å². The van der Waals surface area contributed by atoms with E-state index < -0.39 is 0 Å². The fraction of sp³-hybridized carbons (Fsp3) is 0.0625. The SMILES string of the molecule is Cc1c(N)cc(Br)cc1C(=O)c1c[nH]c2ccc(F)cc12. The molecule has 3 N–H and O–H groups in total. The number of carbonyl (C=O) groups is 1. The van der Waals surface area contributed by atoms with Crippen LogP contribution in [0.1, 0.15) is 21.5 Å². The molecule has 0 fully saturated rings. The Kier molecular flexibility index (Phi) is 3.29. The molecular weight excluding hydrogens is 335 g/mol. The van der Waals surface area contributed by atoms with Crippen molar-refractivity contribution in [3.63, 3.8) is 0 Å². The van der Waals surface area contributed by atoms with Crippen molar-refractivity contribution in [1.29, 1.82) is 0 Å². The van der Waals surface area contributed by atoms with Crippen LogP contribution in [0.25, 0.3) is 10.9 Å². The zero-order valence-electron chi connectivity index (χ0n) is 11.2. The molecule has 0 atom stereocenters. The summed E-state index contributed by atoms with van der Waals surface area (Å²) in [5.74, 6) is -0.557. The fourth-order valence-electron chi connectivity index (χ4n) is 2.36. The van der Waals surface area contributed by atoms with E-state index in [1.165, 1.54) is 12.1 Å². The summed E-state index contributed by atoms with van der Waals surface area (Å²) in [6.45, 7) is 1.80. The van der Waals surface area contributed by atoms with Gasteiger partial charge in [-0.3, -0.25) is 4.79 Å². The van der Waals surface area contributed by atoms with Gasteiger partial charge in [-0.05, 0) is 42.8 Å². The number of H-pyrrole nitrogens is 1. The third kappa shape index (κ3) is 2.34. The topological polar surface area (TPSA) is 58.9 Å². The average molecular weight is 347 g/mol. The Morgan fingerprint density at radius 3 is 2.76 bits per heavy atom. The van der Waals surface area contributed by atoms with E-state index in [1.54, 1.807) is 31.3 Å². The predicted octanol–water partition coefficient (Wildman–Crippen LogP) is 4.19. The lowest BCUT2D eigenvalue weighted by molar-refractivity contribution is 0.103. The molecule has 0 spiro atoms. The van der Waals surface area contributed by atoms with Crippen molar-refractivity contribution in [1.82, 2.24) is 4.98 Å². The molecule has 1 heterocycles. The fourth-order valence-corrected chi connectivity index (χ4v) is 2.84. The minimum atomic E-state index is -0.373. The van der Waals surface area contributed by atoms with Crippen molar-refractivity contribution >= 4 is 38.3 Å². The number of rotatable bonds is 2. The predicted molar refractivity (Wildman–Crippen MR) is 85.0 cm³/mol. The first-order valence-corrected chi connectivity index (χ1v) is 7.13. The third-order valence-electron chi connectivity index (χ3n) is 3.55. The zero-order chi connectivity index (χ0) is 15.1. The van der Waals surface area contributed by atoms with Gasteiger partial charge in [-0.25, -0.2) is 4.39 Å². The number of aromatic nitrogens is 1. The van der Waals surface area contributed by atoms with E-state index in [-0.39, 0.29) is 11.6 Å². The molecule has 3 rings (SSSR count). The normalized spacial score (nSPS) is 11.0. The molecule has 1 aromatic heterocycles. The summed E-state index contributed by atoms with van der Waals surface area (Å²) in [5, 5.41) is 0.568. The summed E-state index contributed by atoms with van der Waals surface area (Å²) in [6, 6.07) is 7.81. The van der Waals surface area contributed by atoms with Gasteiger partial charge in [-0.2, -0.15) is 0 Å². The molecule has 106 valence electrons. The molecule has 0 aliphatic carbocycles. The lowest BCUT2D eigenvalue weighted by Crippen LogP contribution is -2.05. The summed E-state index contributed by atoms with van der Waals surface area (Å²) in [5.41, 5.74) is 8.82. The van der Waals surface area contributed by atoms with Gasteiger partial charge in [0.05, 0.1) is 0 Å². The van der Waals surface area contributed by atoms with Crippen LogP contribution in [0.5, 0.6) is 0 Å². The van der Waals surface area contributed by atoms with E-state index in [0.717, 1.165) is 9.99 Å². The van der Waals surface area contributed by atoms with Crippen molar-refractivity contribution in [2.24, 2.45) is 0 Å². The summed E-state index contributed by atoms with van der Waals surface area (Å²) in [4.78, 5) is 15.7. The molecule has 0 aliphatic rings. The van der Waals surface area contributed by atoms with Gasteiger partial charge in [0, 0.05) is 38.4 Å². The van der Waals surface area contributed by atoms with Crippen LogP contribution in [0.15, 0.2) is 41.0 Å². The Labute approximate surface area is 129 Å². The van der Waals surface area contributed by atoms with Crippen LogP contribution in [0.4, 0.5) is 10.1 Å². The standard InChI is InChI=1S/C16H12BrFN2O/c1-8-11(4-9(17)5-14(8)19)16(21)13-7-20-15-3-2-10(18)6-12(13)15/h2-7,20H,19H2,1H3. The molecule has 0 radical (unpaired) electrons. The van der Waals surface area contributed by atoms with Gasteiger partial charge in [0.1, 0.15) is 5.82 Å². The summed E-state index contributed by atoms with van der Waals surface area (Å²) < 4.78 is 14.2. The van der Waals surface area contributed by atoms with Gasteiger partial charge in [0.2, 0.25) is 0 Å². The molecule has 0 amide bonds. The second-order valence-corrected chi connectivity index (χ2v) is 5.80. The van der Waals surface area contributed by atoms with E-state index >= 15 is 0 Å². The van der Waals surface area contributed by atoms with Crippen LogP contribution < -0.4 is 5.73 Å².